The van der Waals surface area contributed by atoms with Crippen LogP contribution in [0.4, 0.5) is 17.3 Å². The normalized spacial score (nSPS) is 14.5. The Kier molecular flexibility index (Phi) is 7.62. The minimum atomic E-state index is -0.144. The lowest BCUT2D eigenvalue weighted by molar-refractivity contribution is 0.0696. The molecular weight excluding hydrogens is 532 g/mol. The van der Waals surface area contributed by atoms with Crippen LogP contribution in [0, 0.1) is 13.8 Å². The number of rotatable bonds is 7. The van der Waals surface area contributed by atoms with Crippen LogP contribution in [0.1, 0.15) is 55.9 Å². The van der Waals surface area contributed by atoms with Crippen molar-refractivity contribution in [3.8, 4) is 11.6 Å². The summed E-state index contributed by atoms with van der Waals surface area (Å²) in [6.45, 7) is 5.29. The van der Waals surface area contributed by atoms with E-state index in [0.29, 0.717) is 48.1 Å². The lowest BCUT2D eigenvalue weighted by atomic mass is 10.0. The Morgan fingerprint density at radius 2 is 1.81 bits per heavy atom. The first-order valence-electron chi connectivity index (χ1n) is 14.2. The fourth-order valence-corrected chi connectivity index (χ4v) is 5.58. The van der Waals surface area contributed by atoms with Gasteiger partial charge in [-0.1, -0.05) is 18.2 Å². The monoisotopic (exact) mass is 566 g/mol. The van der Waals surface area contributed by atoms with E-state index >= 15 is 0 Å². The van der Waals surface area contributed by atoms with Crippen molar-refractivity contribution in [2.75, 3.05) is 31.0 Å². The maximum atomic E-state index is 13.3. The van der Waals surface area contributed by atoms with Crippen molar-refractivity contribution in [3.63, 3.8) is 0 Å². The number of amides is 2. The van der Waals surface area contributed by atoms with Gasteiger partial charge in [-0.3, -0.25) is 9.59 Å². The lowest BCUT2D eigenvalue weighted by Gasteiger charge is -2.23. The molecule has 6 rings (SSSR count). The smallest absolute Gasteiger partial charge is 0.257 e. The van der Waals surface area contributed by atoms with Crippen molar-refractivity contribution in [1.82, 2.24) is 19.9 Å². The van der Waals surface area contributed by atoms with Gasteiger partial charge >= 0.3 is 0 Å². The molecule has 2 aromatic carbocycles. The number of para-hydroxylation sites is 1. The zero-order valence-electron chi connectivity index (χ0n) is 24.0. The summed E-state index contributed by atoms with van der Waals surface area (Å²) >= 11 is 0. The molecule has 42 heavy (non-hydrogen) atoms. The quantitative estimate of drug-likeness (QED) is 0.291. The number of nitrogens with one attached hydrogen (secondary N) is 3. The highest BCUT2D eigenvalue weighted by Crippen LogP contribution is 2.31. The minimum absolute atomic E-state index is 0.107. The molecule has 216 valence electrons. The number of benzene rings is 2. The lowest BCUT2D eigenvalue weighted by Crippen LogP contribution is -2.38. The number of aryl methyl sites for hydroxylation is 3. The molecule has 0 aliphatic carbocycles. The van der Waals surface area contributed by atoms with E-state index in [2.05, 4.69) is 20.9 Å². The predicted molar refractivity (Wildman–Crippen MR) is 160 cm³/mol. The highest BCUT2D eigenvalue weighted by atomic mass is 16.5. The molecular formula is C32H34N6O4. The summed E-state index contributed by atoms with van der Waals surface area (Å²) in [6, 6.07) is 13.2. The van der Waals surface area contributed by atoms with Crippen LogP contribution in [-0.4, -0.2) is 52.7 Å². The van der Waals surface area contributed by atoms with Crippen LogP contribution < -0.4 is 20.7 Å². The number of hydrogen-bond acceptors (Lipinski definition) is 7. The molecule has 4 heterocycles. The summed E-state index contributed by atoms with van der Waals surface area (Å²) < 4.78 is 12.9. The number of fused-ring (bicyclic) bond motifs is 3. The van der Waals surface area contributed by atoms with Crippen LogP contribution in [0.3, 0.4) is 0 Å². The van der Waals surface area contributed by atoms with Gasteiger partial charge in [-0.15, -0.1) is 0 Å². The molecule has 0 unspecified atom stereocenters. The van der Waals surface area contributed by atoms with E-state index in [-0.39, 0.29) is 17.9 Å². The minimum Gasteiger partial charge on any atom is -0.495 e. The zero-order valence-corrected chi connectivity index (χ0v) is 24.0. The molecule has 4 aromatic rings. The van der Waals surface area contributed by atoms with Crippen LogP contribution in [0.25, 0.3) is 5.82 Å². The Hall–Kier alpha value is -4.70. The maximum Gasteiger partial charge on any atom is 0.257 e. The van der Waals surface area contributed by atoms with Crippen LogP contribution in [0.15, 0.2) is 54.9 Å². The Bertz CT molecular complexity index is 1640. The molecule has 2 aromatic heterocycles. The molecule has 2 aliphatic heterocycles. The topological polar surface area (TPSA) is 119 Å². The van der Waals surface area contributed by atoms with Gasteiger partial charge in [0.2, 0.25) is 5.95 Å². The SMILES string of the molecule is COc1cc(C(=O)NC2CCOCC2)ccc1Nc1ncc2c(n1)-n1ccc(C(=O)Nc3c(C)cccc3C)c1CC2. The predicted octanol–water partition coefficient (Wildman–Crippen LogP) is 4.90. The number of ether oxygens (including phenoxy) is 2. The number of hydrogen-bond donors (Lipinski definition) is 3. The standard InChI is InChI=1S/C32H34N6O4/c1-19-5-4-6-20(2)28(19)36-31(40)24-11-14-38-26(24)10-8-22-18-33-32(37-29(22)38)35-25-9-7-21(17-27(25)41-3)30(39)34-23-12-15-42-16-13-23/h4-7,9,11,14,17-18,23H,8,10,12-13,15-16H2,1-3H3,(H,34,39)(H,36,40)(H,33,35,37). The third-order valence-electron chi connectivity index (χ3n) is 7.92. The van der Waals surface area contributed by atoms with E-state index in [1.165, 1.54) is 0 Å². The molecule has 2 aliphatic rings. The highest BCUT2D eigenvalue weighted by molar-refractivity contribution is 6.06. The van der Waals surface area contributed by atoms with Crippen molar-refractivity contribution in [2.45, 2.75) is 45.6 Å². The number of anilines is 3. The Morgan fingerprint density at radius 3 is 2.57 bits per heavy atom. The van der Waals surface area contributed by atoms with E-state index in [1.54, 1.807) is 25.3 Å². The highest BCUT2D eigenvalue weighted by Gasteiger charge is 2.25. The van der Waals surface area contributed by atoms with E-state index in [1.807, 2.05) is 55.1 Å². The fourth-order valence-electron chi connectivity index (χ4n) is 5.58. The molecule has 0 spiro atoms. The van der Waals surface area contributed by atoms with Gasteiger partial charge < -0.3 is 30.0 Å². The molecule has 0 radical (unpaired) electrons. The van der Waals surface area contributed by atoms with E-state index < -0.39 is 0 Å². The van der Waals surface area contributed by atoms with E-state index in [4.69, 9.17) is 14.5 Å². The molecule has 10 heteroatoms. The van der Waals surface area contributed by atoms with E-state index in [0.717, 1.165) is 53.2 Å². The van der Waals surface area contributed by atoms with Gasteiger partial charge in [0.1, 0.15) is 11.6 Å². The molecule has 10 nitrogen and oxygen atoms in total. The first-order valence-corrected chi connectivity index (χ1v) is 14.2. The Morgan fingerprint density at radius 1 is 1.02 bits per heavy atom. The third kappa shape index (κ3) is 5.45. The second-order valence-corrected chi connectivity index (χ2v) is 10.7. The van der Waals surface area contributed by atoms with Crippen molar-refractivity contribution in [2.24, 2.45) is 0 Å². The molecule has 2 amide bonds. The number of carbonyl (C=O) groups is 2. The molecule has 0 atom stereocenters. The molecule has 3 N–H and O–H groups in total. The molecule has 0 saturated carbocycles. The average molecular weight is 567 g/mol. The number of nitrogens with zero attached hydrogens (tertiary/aromatic N) is 3. The second-order valence-electron chi connectivity index (χ2n) is 10.7. The Balaban J connectivity index is 1.21. The van der Waals surface area contributed by atoms with Gasteiger partial charge in [-0.25, -0.2) is 4.98 Å². The number of carbonyl (C=O) groups excluding carboxylic acids is 2. The number of methoxy groups -OCH3 is 1. The van der Waals surface area contributed by atoms with Gasteiger partial charge in [0.05, 0.1) is 18.4 Å². The summed E-state index contributed by atoms with van der Waals surface area (Å²) in [5, 5.41) is 9.42. The van der Waals surface area contributed by atoms with Crippen LogP contribution in [-0.2, 0) is 17.6 Å². The molecule has 1 saturated heterocycles. The van der Waals surface area contributed by atoms with E-state index in [9.17, 15) is 9.59 Å². The van der Waals surface area contributed by atoms with Crippen LogP contribution >= 0.6 is 0 Å². The van der Waals surface area contributed by atoms with Gasteiger partial charge in [-0.2, -0.15) is 4.98 Å². The van der Waals surface area contributed by atoms with Crippen molar-refractivity contribution in [3.05, 3.63) is 88.4 Å². The molecule has 0 bridgehead atoms. The number of aromatic nitrogens is 3. The summed E-state index contributed by atoms with van der Waals surface area (Å²) in [7, 11) is 1.56. The summed E-state index contributed by atoms with van der Waals surface area (Å²) in [5.74, 6) is 1.33. The van der Waals surface area contributed by atoms with Crippen molar-refractivity contribution < 1.29 is 19.1 Å². The summed E-state index contributed by atoms with van der Waals surface area (Å²) in [4.78, 5) is 35.5. The first kappa shape index (κ1) is 27.5. The van der Waals surface area contributed by atoms with Crippen molar-refractivity contribution in [1.29, 1.82) is 0 Å². The van der Waals surface area contributed by atoms with Gasteiger partial charge in [0, 0.05) is 54.2 Å². The zero-order chi connectivity index (χ0) is 29.2. The Labute approximate surface area is 244 Å². The van der Waals surface area contributed by atoms with Crippen molar-refractivity contribution >= 4 is 29.1 Å². The van der Waals surface area contributed by atoms with Gasteiger partial charge in [0.15, 0.2) is 0 Å². The van der Waals surface area contributed by atoms with Crippen LogP contribution in [0.2, 0.25) is 0 Å². The summed E-state index contributed by atoms with van der Waals surface area (Å²) in [5.41, 5.74) is 6.57. The van der Waals surface area contributed by atoms with Gasteiger partial charge in [0.25, 0.3) is 11.8 Å². The fraction of sp³-hybridized carbons (Fsp3) is 0.312. The first-order chi connectivity index (χ1) is 20.4. The van der Waals surface area contributed by atoms with Gasteiger partial charge in [-0.05, 0) is 74.9 Å². The maximum absolute atomic E-state index is 13.3. The van der Waals surface area contributed by atoms with Crippen LogP contribution in [0.5, 0.6) is 5.75 Å². The summed E-state index contributed by atoms with van der Waals surface area (Å²) in [6.07, 6.45) is 6.74. The molecule has 1 fully saturated rings. The average Bonchev–Trinajstić information content (AvgIpc) is 3.45. The third-order valence-corrected chi connectivity index (χ3v) is 7.92. The second kappa shape index (κ2) is 11.7. The largest absolute Gasteiger partial charge is 0.495 e.